The SMILES string of the molecule is CC(C)CNCc1ccc(SCCn2ccnc2)cc1. The summed E-state index contributed by atoms with van der Waals surface area (Å²) in [6, 6.07) is 8.86. The summed E-state index contributed by atoms with van der Waals surface area (Å²) >= 11 is 1.89. The predicted octanol–water partition coefficient (Wildman–Crippen LogP) is 3.42. The van der Waals surface area contributed by atoms with Crippen LogP contribution in [0, 0.1) is 5.92 Å². The molecule has 0 saturated heterocycles. The molecule has 0 bridgehead atoms. The van der Waals surface area contributed by atoms with E-state index in [0.29, 0.717) is 5.92 Å². The van der Waals surface area contributed by atoms with Crippen molar-refractivity contribution in [2.45, 2.75) is 31.8 Å². The maximum Gasteiger partial charge on any atom is 0.0946 e. The first-order valence-corrected chi connectivity index (χ1v) is 8.11. The third-order valence-corrected chi connectivity index (χ3v) is 3.97. The van der Waals surface area contributed by atoms with Crippen molar-refractivity contribution in [3.05, 3.63) is 48.5 Å². The molecule has 0 aliphatic rings. The largest absolute Gasteiger partial charge is 0.337 e. The average Bonchev–Trinajstić information content (AvgIpc) is 2.93. The molecule has 0 spiro atoms. The van der Waals surface area contributed by atoms with Crippen LogP contribution in [0.3, 0.4) is 0 Å². The molecule has 0 atom stereocenters. The van der Waals surface area contributed by atoms with Crippen LogP contribution in [0.4, 0.5) is 0 Å². The van der Waals surface area contributed by atoms with Gasteiger partial charge in [-0.1, -0.05) is 26.0 Å². The Hall–Kier alpha value is -1.26. The molecule has 2 aromatic rings. The molecular formula is C16H23N3S. The lowest BCUT2D eigenvalue weighted by Crippen LogP contribution is -2.18. The number of imidazole rings is 1. The Morgan fingerprint density at radius 2 is 2.05 bits per heavy atom. The molecule has 2 rings (SSSR count). The van der Waals surface area contributed by atoms with Crippen LogP contribution in [0.5, 0.6) is 0 Å². The average molecular weight is 289 g/mol. The van der Waals surface area contributed by atoms with E-state index in [1.165, 1.54) is 10.5 Å². The second kappa shape index (κ2) is 8.12. The van der Waals surface area contributed by atoms with E-state index in [9.17, 15) is 0 Å². The van der Waals surface area contributed by atoms with Gasteiger partial charge in [0, 0.05) is 36.1 Å². The summed E-state index contributed by atoms with van der Waals surface area (Å²) in [6.07, 6.45) is 5.69. The van der Waals surface area contributed by atoms with Crippen LogP contribution in [0.25, 0.3) is 0 Å². The van der Waals surface area contributed by atoms with Crippen molar-refractivity contribution in [3.8, 4) is 0 Å². The maximum absolute atomic E-state index is 4.05. The number of benzene rings is 1. The number of thioether (sulfide) groups is 1. The zero-order chi connectivity index (χ0) is 14.2. The summed E-state index contributed by atoms with van der Waals surface area (Å²) in [5, 5.41) is 3.47. The smallest absolute Gasteiger partial charge is 0.0946 e. The predicted molar refractivity (Wildman–Crippen MR) is 85.9 cm³/mol. The Kier molecular flexibility index (Phi) is 6.15. The number of aryl methyl sites for hydroxylation is 1. The van der Waals surface area contributed by atoms with Crippen molar-refractivity contribution < 1.29 is 0 Å². The van der Waals surface area contributed by atoms with Crippen molar-refractivity contribution in [1.82, 2.24) is 14.9 Å². The van der Waals surface area contributed by atoms with E-state index in [2.05, 4.69) is 53.0 Å². The Labute approximate surface area is 125 Å². The van der Waals surface area contributed by atoms with Crippen molar-refractivity contribution in [2.75, 3.05) is 12.3 Å². The minimum absolute atomic E-state index is 0.702. The summed E-state index contributed by atoms with van der Waals surface area (Å²) in [6.45, 7) is 7.49. The van der Waals surface area contributed by atoms with E-state index in [1.54, 1.807) is 0 Å². The molecule has 20 heavy (non-hydrogen) atoms. The van der Waals surface area contributed by atoms with Crippen molar-refractivity contribution in [1.29, 1.82) is 0 Å². The third-order valence-electron chi connectivity index (χ3n) is 2.98. The normalized spacial score (nSPS) is 11.2. The molecule has 4 heteroatoms. The number of hydrogen-bond acceptors (Lipinski definition) is 3. The molecule has 0 radical (unpaired) electrons. The molecule has 1 N–H and O–H groups in total. The van der Waals surface area contributed by atoms with Gasteiger partial charge in [0.05, 0.1) is 6.33 Å². The molecule has 1 aromatic heterocycles. The third kappa shape index (κ3) is 5.39. The lowest BCUT2D eigenvalue weighted by atomic mass is 10.2. The highest BCUT2D eigenvalue weighted by Crippen LogP contribution is 2.18. The van der Waals surface area contributed by atoms with Crippen LogP contribution in [0.2, 0.25) is 0 Å². The second-order valence-corrected chi connectivity index (χ2v) is 6.49. The molecule has 0 aliphatic heterocycles. The highest BCUT2D eigenvalue weighted by atomic mass is 32.2. The summed E-state index contributed by atoms with van der Waals surface area (Å²) in [5.74, 6) is 1.77. The fourth-order valence-electron chi connectivity index (χ4n) is 1.90. The monoisotopic (exact) mass is 289 g/mol. The number of nitrogens with one attached hydrogen (secondary N) is 1. The Morgan fingerprint density at radius 3 is 2.70 bits per heavy atom. The highest BCUT2D eigenvalue weighted by molar-refractivity contribution is 7.99. The maximum atomic E-state index is 4.05. The molecule has 108 valence electrons. The minimum atomic E-state index is 0.702. The molecule has 1 heterocycles. The van der Waals surface area contributed by atoms with Crippen molar-refractivity contribution in [2.24, 2.45) is 5.92 Å². The molecule has 0 saturated carbocycles. The first-order chi connectivity index (χ1) is 9.74. The Balaban J connectivity index is 1.71. The second-order valence-electron chi connectivity index (χ2n) is 5.32. The lowest BCUT2D eigenvalue weighted by Gasteiger charge is -2.08. The summed E-state index contributed by atoms with van der Waals surface area (Å²) in [5.41, 5.74) is 1.35. The Bertz CT molecular complexity index is 477. The van der Waals surface area contributed by atoms with Crippen LogP contribution >= 0.6 is 11.8 Å². The van der Waals surface area contributed by atoms with Crippen LogP contribution in [-0.2, 0) is 13.1 Å². The lowest BCUT2D eigenvalue weighted by molar-refractivity contribution is 0.552. The van der Waals surface area contributed by atoms with Crippen LogP contribution in [-0.4, -0.2) is 21.8 Å². The van der Waals surface area contributed by atoms with Gasteiger partial charge in [-0.2, -0.15) is 0 Å². The van der Waals surface area contributed by atoms with E-state index in [0.717, 1.165) is 25.4 Å². The molecular weight excluding hydrogens is 266 g/mol. The minimum Gasteiger partial charge on any atom is -0.337 e. The fraction of sp³-hybridized carbons (Fsp3) is 0.438. The quantitative estimate of drug-likeness (QED) is 0.755. The first kappa shape index (κ1) is 15.1. The van der Waals surface area contributed by atoms with Gasteiger partial charge in [-0.05, 0) is 30.2 Å². The molecule has 0 aliphatic carbocycles. The zero-order valence-electron chi connectivity index (χ0n) is 12.2. The summed E-state index contributed by atoms with van der Waals surface area (Å²) < 4.78 is 2.11. The highest BCUT2D eigenvalue weighted by Gasteiger charge is 1.98. The zero-order valence-corrected chi connectivity index (χ0v) is 13.1. The molecule has 0 amide bonds. The standard InChI is InChI=1S/C16H23N3S/c1-14(2)11-18-12-15-3-5-16(6-4-15)20-10-9-19-8-7-17-13-19/h3-8,13-14,18H,9-12H2,1-2H3. The van der Waals surface area contributed by atoms with Gasteiger partial charge in [-0.15, -0.1) is 11.8 Å². The van der Waals surface area contributed by atoms with Gasteiger partial charge >= 0.3 is 0 Å². The van der Waals surface area contributed by atoms with Gasteiger partial charge in [-0.25, -0.2) is 4.98 Å². The van der Waals surface area contributed by atoms with E-state index in [1.807, 2.05) is 30.5 Å². The molecule has 0 fully saturated rings. The molecule has 3 nitrogen and oxygen atoms in total. The van der Waals surface area contributed by atoms with E-state index < -0.39 is 0 Å². The van der Waals surface area contributed by atoms with E-state index in [-0.39, 0.29) is 0 Å². The first-order valence-electron chi connectivity index (χ1n) is 7.12. The summed E-state index contributed by atoms with van der Waals surface area (Å²) in [7, 11) is 0. The molecule has 0 unspecified atom stereocenters. The van der Waals surface area contributed by atoms with Crippen molar-refractivity contribution in [3.63, 3.8) is 0 Å². The number of hydrogen-bond donors (Lipinski definition) is 1. The summed E-state index contributed by atoms with van der Waals surface area (Å²) in [4.78, 5) is 5.38. The van der Waals surface area contributed by atoms with Crippen LogP contribution in [0.15, 0.2) is 47.9 Å². The number of aromatic nitrogens is 2. The van der Waals surface area contributed by atoms with Gasteiger partial charge in [0.2, 0.25) is 0 Å². The van der Waals surface area contributed by atoms with Gasteiger partial charge < -0.3 is 9.88 Å². The Morgan fingerprint density at radius 1 is 1.25 bits per heavy atom. The molecule has 1 aromatic carbocycles. The van der Waals surface area contributed by atoms with Gasteiger partial charge in [0.1, 0.15) is 0 Å². The van der Waals surface area contributed by atoms with Gasteiger partial charge in [0.25, 0.3) is 0 Å². The topological polar surface area (TPSA) is 29.9 Å². The van der Waals surface area contributed by atoms with Crippen LogP contribution in [0.1, 0.15) is 19.4 Å². The number of rotatable bonds is 8. The van der Waals surface area contributed by atoms with E-state index >= 15 is 0 Å². The van der Waals surface area contributed by atoms with Gasteiger partial charge in [0.15, 0.2) is 0 Å². The van der Waals surface area contributed by atoms with Gasteiger partial charge in [-0.3, -0.25) is 0 Å². The van der Waals surface area contributed by atoms with E-state index in [4.69, 9.17) is 0 Å². The van der Waals surface area contributed by atoms with Crippen LogP contribution < -0.4 is 5.32 Å². The fourth-order valence-corrected chi connectivity index (χ4v) is 2.76. The number of nitrogens with zero attached hydrogens (tertiary/aromatic N) is 2. The van der Waals surface area contributed by atoms with Crippen molar-refractivity contribution >= 4 is 11.8 Å².